The molecule has 0 radical (unpaired) electrons. The van der Waals surface area contributed by atoms with Crippen LogP contribution in [0.5, 0.6) is 17.2 Å². The summed E-state index contributed by atoms with van der Waals surface area (Å²) in [6.45, 7) is 2.89. The van der Waals surface area contributed by atoms with E-state index in [4.69, 9.17) is 14.2 Å². The molecule has 1 saturated heterocycles. The minimum Gasteiger partial charge on any atom is -0.497 e. The number of fused-ring (bicyclic) bond motifs is 1. The van der Waals surface area contributed by atoms with Crippen LogP contribution in [-0.2, 0) is 0 Å². The quantitative estimate of drug-likeness (QED) is 0.744. The van der Waals surface area contributed by atoms with Gasteiger partial charge in [0.2, 0.25) is 0 Å². The lowest BCUT2D eigenvalue weighted by Crippen LogP contribution is -2.45. The first kappa shape index (κ1) is 16.9. The number of hydrogen-bond donors (Lipinski definition) is 3. The van der Waals surface area contributed by atoms with Crippen LogP contribution in [-0.4, -0.2) is 57.1 Å². The van der Waals surface area contributed by atoms with Crippen LogP contribution in [0.4, 0.5) is 0 Å². The Morgan fingerprint density at radius 2 is 2.25 bits per heavy atom. The molecule has 2 heterocycles. The molecule has 7 nitrogen and oxygen atoms in total. The molecule has 1 amide bonds. The van der Waals surface area contributed by atoms with Crippen molar-refractivity contribution in [1.82, 2.24) is 10.6 Å². The molecule has 7 heteroatoms. The van der Waals surface area contributed by atoms with E-state index >= 15 is 0 Å². The molecule has 1 aromatic rings. The third kappa shape index (κ3) is 3.73. The molecule has 3 N–H and O–H groups in total. The molecule has 2 aliphatic heterocycles. The number of benzene rings is 1. The molecule has 24 heavy (non-hydrogen) atoms. The van der Waals surface area contributed by atoms with E-state index in [1.54, 1.807) is 19.2 Å². The van der Waals surface area contributed by atoms with Crippen molar-refractivity contribution in [2.45, 2.75) is 18.9 Å². The lowest BCUT2D eigenvalue weighted by atomic mass is 9.95. The highest BCUT2D eigenvalue weighted by Gasteiger charge is 2.25. The summed E-state index contributed by atoms with van der Waals surface area (Å²) in [6, 6.07) is 3.38. The van der Waals surface area contributed by atoms with Crippen LogP contribution in [0.3, 0.4) is 0 Å². The van der Waals surface area contributed by atoms with Gasteiger partial charge in [0, 0.05) is 31.5 Å². The number of amides is 1. The number of nitrogens with one attached hydrogen (secondary N) is 2. The zero-order valence-corrected chi connectivity index (χ0v) is 13.8. The van der Waals surface area contributed by atoms with Gasteiger partial charge < -0.3 is 30.0 Å². The van der Waals surface area contributed by atoms with Gasteiger partial charge in [-0.1, -0.05) is 0 Å². The summed E-state index contributed by atoms with van der Waals surface area (Å²) < 4.78 is 16.6. The SMILES string of the molecule is COc1cc2c(c(C(=O)NC[C@@H]3CCNCC3O)c1)OCCCO2. The third-order valence-electron chi connectivity index (χ3n) is 4.42. The Hall–Kier alpha value is -1.99. The summed E-state index contributed by atoms with van der Waals surface area (Å²) in [4.78, 5) is 12.6. The smallest absolute Gasteiger partial charge is 0.255 e. The maximum absolute atomic E-state index is 12.6. The van der Waals surface area contributed by atoms with Gasteiger partial charge in [-0.15, -0.1) is 0 Å². The van der Waals surface area contributed by atoms with Gasteiger partial charge in [0.15, 0.2) is 11.5 Å². The molecule has 0 saturated carbocycles. The molecule has 1 aromatic carbocycles. The number of hydrogen-bond acceptors (Lipinski definition) is 6. The maximum Gasteiger partial charge on any atom is 0.255 e. The lowest BCUT2D eigenvalue weighted by molar-refractivity contribution is 0.0751. The number of methoxy groups -OCH3 is 1. The predicted octanol–water partition coefficient (Wildman–Crippen LogP) is 0.557. The van der Waals surface area contributed by atoms with E-state index in [1.807, 2.05) is 0 Å². The van der Waals surface area contributed by atoms with Crippen molar-refractivity contribution in [2.24, 2.45) is 5.92 Å². The van der Waals surface area contributed by atoms with Crippen LogP contribution < -0.4 is 24.8 Å². The first-order valence-electron chi connectivity index (χ1n) is 8.33. The Balaban J connectivity index is 1.75. The highest BCUT2D eigenvalue weighted by Crippen LogP contribution is 2.37. The molecular weight excluding hydrogens is 312 g/mol. The molecule has 0 aliphatic carbocycles. The van der Waals surface area contributed by atoms with Crippen LogP contribution in [0, 0.1) is 5.92 Å². The molecule has 2 aliphatic rings. The molecule has 1 unspecified atom stereocenters. The first-order valence-corrected chi connectivity index (χ1v) is 8.33. The molecule has 132 valence electrons. The molecule has 2 atom stereocenters. The summed E-state index contributed by atoms with van der Waals surface area (Å²) in [5, 5.41) is 16.0. The van der Waals surface area contributed by atoms with Crippen LogP contribution in [0.15, 0.2) is 12.1 Å². The second kappa shape index (κ2) is 7.72. The van der Waals surface area contributed by atoms with E-state index in [-0.39, 0.29) is 11.8 Å². The standard InChI is InChI=1S/C17H24N2O5/c1-22-12-7-13(16-15(8-12)23-5-2-6-24-16)17(21)19-9-11-3-4-18-10-14(11)20/h7-8,11,14,18,20H,2-6,9-10H2,1H3,(H,19,21)/t11-,14?/m0/s1. The number of ether oxygens (including phenoxy) is 3. The minimum atomic E-state index is -0.443. The molecule has 3 rings (SSSR count). The number of aliphatic hydroxyl groups is 1. The highest BCUT2D eigenvalue weighted by atomic mass is 16.5. The normalized spacial score (nSPS) is 23.2. The van der Waals surface area contributed by atoms with Gasteiger partial charge in [0.25, 0.3) is 5.91 Å². The molecule has 0 bridgehead atoms. The summed E-state index contributed by atoms with van der Waals surface area (Å²) >= 11 is 0. The van der Waals surface area contributed by atoms with Crippen LogP contribution >= 0.6 is 0 Å². The van der Waals surface area contributed by atoms with E-state index < -0.39 is 6.10 Å². The van der Waals surface area contributed by atoms with E-state index in [0.717, 1.165) is 19.4 Å². The third-order valence-corrected chi connectivity index (χ3v) is 4.42. The van der Waals surface area contributed by atoms with Gasteiger partial charge in [0.05, 0.1) is 32.0 Å². The number of aliphatic hydroxyl groups excluding tert-OH is 1. The van der Waals surface area contributed by atoms with Crippen molar-refractivity contribution >= 4 is 5.91 Å². The molecule has 0 aromatic heterocycles. The lowest BCUT2D eigenvalue weighted by Gasteiger charge is -2.28. The first-order chi connectivity index (χ1) is 11.7. The fourth-order valence-corrected chi connectivity index (χ4v) is 2.99. The van der Waals surface area contributed by atoms with E-state index in [0.29, 0.717) is 49.1 Å². The summed E-state index contributed by atoms with van der Waals surface area (Å²) in [7, 11) is 1.55. The molecule has 0 spiro atoms. The fraction of sp³-hybridized carbons (Fsp3) is 0.588. The van der Waals surface area contributed by atoms with Crippen molar-refractivity contribution in [3.8, 4) is 17.2 Å². The Kier molecular flexibility index (Phi) is 5.42. The highest BCUT2D eigenvalue weighted by molar-refractivity contribution is 5.98. The van der Waals surface area contributed by atoms with Crippen molar-refractivity contribution < 1.29 is 24.1 Å². The van der Waals surface area contributed by atoms with Crippen molar-refractivity contribution in [3.05, 3.63) is 17.7 Å². The van der Waals surface area contributed by atoms with E-state index in [2.05, 4.69) is 10.6 Å². The molecule has 1 fully saturated rings. The van der Waals surface area contributed by atoms with Crippen molar-refractivity contribution in [3.63, 3.8) is 0 Å². The predicted molar refractivity (Wildman–Crippen MR) is 87.9 cm³/mol. The average molecular weight is 336 g/mol. The van der Waals surface area contributed by atoms with Gasteiger partial charge in [-0.3, -0.25) is 4.79 Å². The number of carbonyl (C=O) groups is 1. The van der Waals surface area contributed by atoms with Gasteiger partial charge in [-0.2, -0.15) is 0 Å². The topological polar surface area (TPSA) is 89.1 Å². The van der Waals surface area contributed by atoms with Gasteiger partial charge in [-0.25, -0.2) is 0 Å². The average Bonchev–Trinajstić information content (AvgIpc) is 2.85. The Labute approximate surface area is 141 Å². The Morgan fingerprint density at radius 3 is 3.04 bits per heavy atom. The monoisotopic (exact) mass is 336 g/mol. The second-order valence-electron chi connectivity index (χ2n) is 6.08. The van der Waals surface area contributed by atoms with Crippen LogP contribution in [0.25, 0.3) is 0 Å². The minimum absolute atomic E-state index is 0.0524. The van der Waals surface area contributed by atoms with Gasteiger partial charge in [-0.05, 0) is 19.0 Å². The summed E-state index contributed by atoms with van der Waals surface area (Å²) in [6.07, 6.45) is 1.15. The van der Waals surface area contributed by atoms with E-state index in [1.165, 1.54) is 0 Å². The van der Waals surface area contributed by atoms with Gasteiger partial charge in [0.1, 0.15) is 5.75 Å². The van der Waals surface area contributed by atoms with E-state index in [9.17, 15) is 9.90 Å². The zero-order chi connectivity index (χ0) is 16.9. The Bertz CT molecular complexity index is 593. The molecular formula is C17H24N2O5. The number of rotatable bonds is 4. The van der Waals surface area contributed by atoms with Gasteiger partial charge >= 0.3 is 0 Å². The second-order valence-corrected chi connectivity index (χ2v) is 6.08. The van der Waals surface area contributed by atoms with Crippen molar-refractivity contribution in [1.29, 1.82) is 0 Å². The fourth-order valence-electron chi connectivity index (χ4n) is 2.99. The number of carbonyl (C=O) groups excluding carboxylic acids is 1. The van der Waals surface area contributed by atoms with Crippen molar-refractivity contribution in [2.75, 3.05) is 40.0 Å². The zero-order valence-electron chi connectivity index (χ0n) is 13.8. The Morgan fingerprint density at radius 1 is 1.42 bits per heavy atom. The van der Waals surface area contributed by atoms with Crippen LogP contribution in [0.2, 0.25) is 0 Å². The number of β-amino-alcohol motifs (C(OH)–C–C–N with tert-alkyl or cyclic N) is 1. The summed E-state index contributed by atoms with van der Waals surface area (Å²) in [5.41, 5.74) is 0.398. The van der Waals surface area contributed by atoms with Crippen LogP contribution in [0.1, 0.15) is 23.2 Å². The maximum atomic E-state index is 12.6. The number of piperidine rings is 1. The largest absolute Gasteiger partial charge is 0.497 e. The summed E-state index contributed by atoms with van der Waals surface area (Å²) in [5.74, 6) is 1.33.